The van der Waals surface area contributed by atoms with E-state index in [0.717, 1.165) is 24.4 Å². The Balaban J connectivity index is 1.56. The first-order chi connectivity index (χ1) is 10.7. The summed E-state index contributed by atoms with van der Waals surface area (Å²) < 4.78 is 0. The van der Waals surface area contributed by atoms with Gasteiger partial charge in [0.25, 0.3) is 0 Å². The topological polar surface area (TPSA) is 41.1 Å². The molecule has 0 bridgehead atoms. The maximum absolute atomic E-state index is 11.7. The second kappa shape index (κ2) is 9.23. The van der Waals surface area contributed by atoms with Gasteiger partial charge in [0.2, 0.25) is 5.91 Å². The lowest BCUT2D eigenvalue weighted by atomic mass is 10.1. The molecule has 3 nitrogen and oxygen atoms in total. The van der Waals surface area contributed by atoms with E-state index in [1.54, 1.807) is 0 Å². The van der Waals surface area contributed by atoms with E-state index < -0.39 is 0 Å². The molecule has 0 radical (unpaired) electrons. The number of carbonyl (C=O) groups excluding carboxylic acids is 1. The van der Waals surface area contributed by atoms with Gasteiger partial charge in [0.05, 0.1) is 6.54 Å². The molecule has 2 aromatic carbocycles. The monoisotopic (exact) mass is 316 g/mol. The molecule has 0 spiro atoms. The van der Waals surface area contributed by atoms with E-state index in [1.165, 1.54) is 11.1 Å². The fourth-order valence-corrected chi connectivity index (χ4v) is 2.39. The normalized spacial score (nSPS) is 10.4. The summed E-state index contributed by atoms with van der Waals surface area (Å²) in [5.41, 5.74) is 2.40. The lowest BCUT2D eigenvalue weighted by Gasteiger charge is -2.07. The maximum atomic E-state index is 11.7. The first kappa shape index (κ1) is 16.5. The van der Waals surface area contributed by atoms with E-state index in [1.807, 2.05) is 42.5 Å². The van der Waals surface area contributed by atoms with Crippen molar-refractivity contribution in [2.75, 3.05) is 19.6 Å². The van der Waals surface area contributed by atoms with Gasteiger partial charge in [-0.1, -0.05) is 54.1 Å². The minimum absolute atomic E-state index is 0.0297. The summed E-state index contributed by atoms with van der Waals surface area (Å²) in [6, 6.07) is 17.9. The van der Waals surface area contributed by atoms with Crippen molar-refractivity contribution in [1.29, 1.82) is 0 Å². The van der Waals surface area contributed by atoms with Gasteiger partial charge in [-0.15, -0.1) is 0 Å². The van der Waals surface area contributed by atoms with E-state index in [9.17, 15) is 4.79 Å². The molecule has 0 fully saturated rings. The Morgan fingerprint density at radius 2 is 1.64 bits per heavy atom. The van der Waals surface area contributed by atoms with Crippen LogP contribution in [0, 0.1) is 0 Å². The van der Waals surface area contributed by atoms with Crippen LogP contribution in [0.2, 0.25) is 5.02 Å². The molecule has 4 heteroatoms. The second-order valence-electron chi connectivity index (χ2n) is 5.14. The summed E-state index contributed by atoms with van der Waals surface area (Å²) in [7, 11) is 0. The number of halogens is 1. The molecule has 0 aliphatic carbocycles. The van der Waals surface area contributed by atoms with Gasteiger partial charge in [-0.25, -0.2) is 0 Å². The Bertz CT molecular complexity index is 587. The zero-order valence-corrected chi connectivity index (χ0v) is 13.3. The number of hydrogen-bond donors (Lipinski definition) is 2. The Morgan fingerprint density at radius 3 is 2.41 bits per heavy atom. The molecule has 0 aliphatic rings. The summed E-state index contributed by atoms with van der Waals surface area (Å²) in [4.78, 5) is 11.7. The molecule has 0 unspecified atom stereocenters. The average Bonchev–Trinajstić information content (AvgIpc) is 2.53. The molecule has 2 N–H and O–H groups in total. The van der Waals surface area contributed by atoms with Gasteiger partial charge in [0, 0.05) is 11.6 Å². The quantitative estimate of drug-likeness (QED) is 0.735. The molecular formula is C18H21ClN2O. The first-order valence-electron chi connectivity index (χ1n) is 7.50. The van der Waals surface area contributed by atoms with Crippen molar-refractivity contribution in [2.24, 2.45) is 0 Å². The summed E-state index contributed by atoms with van der Waals surface area (Å²) in [6.07, 6.45) is 1.72. The zero-order valence-electron chi connectivity index (χ0n) is 12.5. The lowest BCUT2D eigenvalue weighted by Crippen LogP contribution is -2.35. The molecule has 1 amide bonds. The van der Waals surface area contributed by atoms with Gasteiger partial charge in [0.1, 0.15) is 0 Å². The third kappa shape index (κ3) is 6.29. The third-order valence-corrected chi connectivity index (χ3v) is 3.58. The minimum Gasteiger partial charge on any atom is -0.355 e. The number of rotatable bonds is 8. The van der Waals surface area contributed by atoms with Gasteiger partial charge >= 0.3 is 0 Å². The van der Waals surface area contributed by atoms with Crippen molar-refractivity contribution in [2.45, 2.75) is 12.8 Å². The van der Waals surface area contributed by atoms with Gasteiger partial charge in [-0.05, 0) is 42.6 Å². The highest BCUT2D eigenvalue weighted by Gasteiger charge is 2.00. The van der Waals surface area contributed by atoms with Crippen LogP contribution in [-0.2, 0) is 17.6 Å². The van der Waals surface area contributed by atoms with Gasteiger partial charge in [-0.2, -0.15) is 0 Å². The largest absolute Gasteiger partial charge is 0.355 e. The highest BCUT2D eigenvalue weighted by Crippen LogP contribution is 2.10. The Morgan fingerprint density at radius 1 is 0.909 bits per heavy atom. The van der Waals surface area contributed by atoms with E-state index in [4.69, 9.17) is 11.6 Å². The maximum Gasteiger partial charge on any atom is 0.233 e. The van der Waals surface area contributed by atoms with Crippen molar-refractivity contribution >= 4 is 17.5 Å². The predicted molar refractivity (Wildman–Crippen MR) is 91.2 cm³/mol. The van der Waals surface area contributed by atoms with Crippen LogP contribution in [-0.4, -0.2) is 25.5 Å². The summed E-state index contributed by atoms with van der Waals surface area (Å²) in [6.45, 7) is 1.76. The molecule has 2 aromatic rings. The molecule has 0 aromatic heterocycles. The van der Waals surface area contributed by atoms with Gasteiger partial charge < -0.3 is 10.6 Å². The van der Waals surface area contributed by atoms with Crippen molar-refractivity contribution in [3.05, 3.63) is 70.7 Å². The molecule has 116 valence electrons. The van der Waals surface area contributed by atoms with Crippen molar-refractivity contribution in [3.63, 3.8) is 0 Å². The van der Waals surface area contributed by atoms with Crippen molar-refractivity contribution < 1.29 is 4.79 Å². The van der Waals surface area contributed by atoms with Crippen LogP contribution < -0.4 is 10.6 Å². The van der Waals surface area contributed by atoms with Crippen LogP contribution in [0.15, 0.2) is 54.6 Å². The molecule has 0 atom stereocenters. The molecule has 22 heavy (non-hydrogen) atoms. The molecule has 0 saturated carbocycles. The van der Waals surface area contributed by atoms with E-state index >= 15 is 0 Å². The molecular weight excluding hydrogens is 296 g/mol. The van der Waals surface area contributed by atoms with E-state index in [0.29, 0.717) is 13.1 Å². The van der Waals surface area contributed by atoms with Crippen LogP contribution >= 0.6 is 11.6 Å². The number of hydrogen-bond acceptors (Lipinski definition) is 2. The van der Waals surface area contributed by atoms with Crippen LogP contribution in [0.25, 0.3) is 0 Å². The average molecular weight is 317 g/mol. The number of carbonyl (C=O) groups is 1. The molecule has 0 saturated heterocycles. The Kier molecular flexibility index (Phi) is 6.94. The number of amides is 1. The van der Waals surface area contributed by atoms with Crippen LogP contribution in [0.4, 0.5) is 0 Å². The van der Waals surface area contributed by atoms with Crippen LogP contribution in [0.3, 0.4) is 0 Å². The predicted octanol–water partition coefficient (Wildman–Crippen LogP) is 2.83. The van der Waals surface area contributed by atoms with Crippen LogP contribution in [0.5, 0.6) is 0 Å². The van der Waals surface area contributed by atoms with E-state index in [-0.39, 0.29) is 5.91 Å². The minimum atomic E-state index is 0.0297. The fourth-order valence-electron chi connectivity index (χ4n) is 2.18. The van der Waals surface area contributed by atoms with Crippen LogP contribution in [0.1, 0.15) is 11.1 Å². The highest BCUT2D eigenvalue weighted by atomic mass is 35.5. The summed E-state index contributed by atoms with van der Waals surface area (Å²) >= 11 is 5.93. The number of nitrogens with one attached hydrogen (secondary N) is 2. The van der Waals surface area contributed by atoms with Crippen molar-refractivity contribution in [1.82, 2.24) is 10.6 Å². The lowest BCUT2D eigenvalue weighted by molar-refractivity contribution is -0.120. The van der Waals surface area contributed by atoms with E-state index in [2.05, 4.69) is 22.8 Å². The fraction of sp³-hybridized carbons (Fsp3) is 0.278. The molecule has 0 aliphatic heterocycles. The van der Waals surface area contributed by atoms with Gasteiger partial charge in [-0.3, -0.25) is 4.79 Å². The SMILES string of the molecule is O=C(CNCCc1cccc(Cl)c1)NCCc1ccccc1. The number of benzene rings is 2. The third-order valence-electron chi connectivity index (χ3n) is 3.34. The van der Waals surface area contributed by atoms with Crippen molar-refractivity contribution in [3.8, 4) is 0 Å². The highest BCUT2D eigenvalue weighted by molar-refractivity contribution is 6.30. The Labute approximate surface area is 136 Å². The zero-order chi connectivity index (χ0) is 15.6. The smallest absolute Gasteiger partial charge is 0.233 e. The second-order valence-corrected chi connectivity index (χ2v) is 5.58. The van der Waals surface area contributed by atoms with Gasteiger partial charge in [0.15, 0.2) is 0 Å². The standard InChI is InChI=1S/C18H21ClN2O/c19-17-8-4-7-16(13-17)9-11-20-14-18(22)21-12-10-15-5-2-1-3-6-15/h1-8,13,20H,9-12,14H2,(H,21,22). The summed E-state index contributed by atoms with van der Waals surface area (Å²) in [5, 5.41) is 6.81. The first-order valence-corrected chi connectivity index (χ1v) is 7.87. The molecule has 2 rings (SSSR count). The summed E-state index contributed by atoms with van der Waals surface area (Å²) in [5.74, 6) is 0.0297. The molecule has 0 heterocycles. The Hall–Kier alpha value is -1.84.